The number of allylic oxidation sites excluding steroid dienone is 2. The Morgan fingerprint density at radius 1 is 1.17 bits per heavy atom. The van der Waals surface area contributed by atoms with E-state index >= 15 is 0 Å². The molecule has 4 N–H and O–H groups in total. The van der Waals surface area contributed by atoms with Gasteiger partial charge in [-0.05, 0) is 11.5 Å². The molecule has 2 aliphatic heterocycles. The lowest BCUT2D eigenvalue weighted by Gasteiger charge is -2.42. The molecule has 0 radical (unpaired) electrons. The number of Topliss-reactive ketones (excluding diaryl/α,β-unsaturated/α-hetero) is 1. The fraction of sp³-hybridized carbons (Fsp3) is 0.684. The molecule has 4 rings (SSSR count). The van der Waals surface area contributed by atoms with E-state index in [4.69, 9.17) is 18.9 Å². The van der Waals surface area contributed by atoms with Gasteiger partial charge < -0.3 is 39.4 Å². The first kappa shape index (κ1) is 20.5. The normalized spacial score (nSPS) is 43.3. The quantitative estimate of drug-likeness (QED) is 0.306. The molecular weight excluding hydrogens is 388 g/mol. The lowest BCUT2D eigenvalue weighted by molar-refractivity contribution is -0.339. The fourth-order valence-electron chi connectivity index (χ4n) is 4.59. The SMILES string of the molecule is CC(=O)OCC1=CC2CC(=O)C3=COC(OC4OC(CO)C(O)C(O)C4O)C1C32. The highest BCUT2D eigenvalue weighted by Gasteiger charge is 2.55. The Hall–Kier alpha value is -1.82. The maximum atomic E-state index is 12.2. The topological polar surface area (TPSA) is 152 Å². The van der Waals surface area contributed by atoms with E-state index in [1.54, 1.807) is 0 Å². The Labute approximate surface area is 166 Å². The molecule has 0 aromatic heterocycles. The Bertz CT molecular complexity index is 743. The summed E-state index contributed by atoms with van der Waals surface area (Å²) in [5, 5.41) is 39.5. The zero-order valence-corrected chi connectivity index (χ0v) is 15.7. The van der Waals surface area contributed by atoms with Crippen molar-refractivity contribution >= 4 is 11.8 Å². The average molecular weight is 412 g/mol. The predicted molar refractivity (Wildman–Crippen MR) is 92.6 cm³/mol. The highest BCUT2D eigenvalue weighted by Crippen LogP contribution is 2.52. The Balaban J connectivity index is 1.56. The smallest absolute Gasteiger partial charge is 0.302 e. The van der Waals surface area contributed by atoms with Crippen LogP contribution in [-0.2, 0) is 28.5 Å². The number of aliphatic hydroxyl groups is 4. The van der Waals surface area contributed by atoms with Crippen LogP contribution in [0.5, 0.6) is 0 Å². The van der Waals surface area contributed by atoms with Crippen LogP contribution >= 0.6 is 0 Å². The summed E-state index contributed by atoms with van der Waals surface area (Å²) < 4.78 is 21.9. The van der Waals surface area contributed by atoms with Crippen molar-refractivity contribution in [1.82, 2.24) is 0 Å². The summed E-state index contributed by atoms with van der Waals surface area (Å²) in [7, 11) is 0. The predicted octanol–water partition coefficient (Wildman–Crippen LogP) is -1.63. The number of hydrogen-bond acceptors (Lipinski definition) is 10. The number of hydrogen-bond donors (Lipinski definition) is 4. The first-order valence-electron chi connectivity index (χ1n) is 9.50. The van der Waals surface area contributed by atoms with Crippen molar-refractivity contribution in [2.24, 2.45) is 17.8 Å². The zero-order chi connectivity index (χ0) is 20.9. The minimum atomic E-state index is -1.58. The molecule has 2 fully saturated rings. The van der Waals surface area contributed by atoms with Crippen LogP contribution in [0, 0.1) is 17.8 Å². The molecule has 0 aromatic rings. The highest BCUT2D eigenvalue weighted by molar-refractivity contribution is 5.99. The summed E-state index contributed by atoms with van der Waals surface area (Å²) in [6.07, 6.45) is -4.57. The molecule has 2 heterocycles. The van der Waals surface area contributed by atoms with Gasteiger partial charge in [0.15, 0.2) is 12.1 Å². The van der Waals surface area contributed by atoms with Gasteiger partial charge >= 0.3 is 5.97 Å². The molecule has 0 aromatic carbocycles. The molecule has 4 aliphatic rings. The molecule has 1 saturated carbocycles. The maximum Gasteiger partial charge on any atom is 0.302 e. The van der Waals surface area contributed by atoms with Gasteiger partial charge in [-0.1, -0.05) is 6.08 Å². The van der Waals surface area contributed by atoms with E-state index in [2.05, 4.69) is 0 Å². The van der Waals surface area contributed by atoms with Crippen LogP contribution in [0.3, 0.4) is 0 Å². The Morgan fingerprint density at radius 2 is 1.93 bits per heavy atom. The van der Waals surface area contributed by atoms with Crippen LogP contribution in [0.4, 0.5) is 0 Å². The van der Waals surface area contributed by atoms with Crippen LogP contribution in [0.25, 0.3) is 0 Å². The highest BCUT2D eigenvalue weighted by atomic mass is 16.8. The molecule has 10 heteroatoms. The molecule has 9 unspecified atom stereocenters. The standard InChI is InChI=1S/C19H24O10/c1-7(21)26-5-9-2-8-3-11(22)10-6-27-18(14(9)13(8)10)29-19-17(25)16(24)15(23)12(4-20)28-19/h2,6,8,12-20,23-25H,3-5H2,1H3. The zero-order valence-electron chi connectivity index (χ0n) is 15.7. The van der Waals surface area contributed by atoms with E-state index < -0.39 is 55.5 Å². The third kappa shape index (κ3) is 3.49. The number of carbonyl (C=O) groups is 2. The molecule has 0 bridgehead atoms. The monoisotopic (exact) mass is 412 g/mol. The van der Waals surface area contributed by atoms with Crippen molar-refractivity contribution in [2.75, 3.05) is 13.2 Å². The second-order valence-corrected chi connectivity index (χ2v) is 7.78. The first-order chi connectivity index (χ1) is 13.8. The average Bonchev–Trinajstić information content (AvgIpc) is 3.20. The largest absolute Gasteiger partial charge is 0.471 e. The van der Waals surface area contributed by atoms with Crippen molar-refractivity contribution in [3.05, 3.63) is 23.5 Å². The third-order valence-corrected chi connectivity index (χ3v) is 5.99. The van der Waals surface area contributed by atoms with Gasteiger partial charge in [-0.3, -0.25) is 9.59 Å². The van der Waals surface area contributed by atoms with Gasteiger partial charge in [0.05, 0.1) is 18.8 Å². The lowest BCUT2D eigenvalue weighted by Crippen LogP contribution is -2.60. The van der Waals surface area contributed by atoms with E-state index in [1.807, 2.05) is 6.08 Å². The van der Waals surface area contributed by atoms with Crippen molar-refractivity contribution < 1.29 is 49.0 Å². The molecule has 0 amide bonds. The number of ether oxygens (including phenoxy) is 4. The van der Waals surface area contributed by atoms with E-state index in [1.165, 1.54) is 13.2 Å². The van der Waals surface area contributed by atoms with Gasteiger partial charge in [0.2, 0.25) is 6.29 Å². The van der Waals surface area contributed by atoms with Crippen molar-refractivity contribution in [3.8, 4) is 0 Å². The van der Waals surface area contributed by atoms with E-state index in [0.717, 1.165) is 5.57 Å². The minimum Gasteiger partial charge on any atom is -0.471 e. The molecule has 10 nitrogen and oxygen atoms in total. The van der Waals surface area contributed by atoms with Crippen LogP contribution in [0.1, 0.15) is 13.3 Å². The number of ketones is 1. The van der Waals surface area contributed by atoms with Gasteiger partial charge in [-0.25, -0.2) is 0 Å². The van der Waals surface area contributed by atoms with E-state index in [-0.39, 0.29) is 24.2 Å². The molecule has 2 aliphatic carbocycles. The summed E-state index contributed by atoms with van der Waals surface area (Å²) in [5.41, 5.74) is 1.28. The van der Waals surface area contributed by atoms with E-state index in [0.29, 0.717) is 12.0 Å². The molecule has 1 saturated heterocycles. The van der Waals surface area contributed by atoms with Gasteiger partial charge in [-0.2, -0.15) is 0 Å². The summed E-state index contributed by atoms with van der Waals surface area (Å²) >= 11 is 0. The fourth-order valence-corrected chi connectivity index (χ4v) is 4.59. The summed E-state index contributed by atoms with van der Waals surface area (Å²) in [5.74, 6) is -1.17. The Morgan fingerprint density at radius 3 is 2.62 bits per heavy atom. The van der Waals surface area contributed by atoms with Crippen LogP contribution in [0.15, 0.2) is 23.5 Å². The van der Waals surface area contributed by atoms with Crippen LogP contribution in [-0.4, -0.2) is 82.4 Å². The summed E-state index contributed by atoms with van der Waals surface area (Å²) in [6.45, 7) is 0.734. The minimum absolute atomic E-state index is 0.0147. The number of carbonyl (C=O) groups excluding carboxylic acids is 2. The molecular formula is C19H24O10. The number of esters is 1. The number of rotatable bonds is 5. The van der Waals surface area contributed by atoms with Crippen LogP contribution < -0.4 is 0 Å². The molecule has 9 atom stereocenters. The number of aliphatic hydroxyl groups excluding tert-OH is 4. The summed E-state index contributed by atoms with van der Waals surface area (Å²) in [6, 6.07) is 0. The van der Waals surface area contributed by atoms with Crippen molar-refractivity contribution in [2.45, 2.75) is 50.3 Å². The van der Waals surface area contributed by atoms with Gasteiger partial charge in [0.1, 0.15) is 31.0 Å². The maximum absolute atomic E-state index is 12.2. The molecule has 0 spiro atoms. The summed E-state index contributed by atoms with van der Waals surface area (Å²) in [4.78, 5) is 23.5. The van der Waals surface area contributed by atoms with Gasteiger partial charge in [-0.15, -0.1) is 0 Å². The lowest BCUT2D eigenvalue weighted by atomic mass is 9.83. The second kappa shape index (κ2) is 7.78. The third-order valence-electron chi connectivity index (χ3n) is 5.99. The molecule has 160 valence electrons. The van der Waals surface area contributed by atoms with E-state index in [9.17, 15) is 30.0 Å². The Kier molecular flexibility index (Phi) is 5.49. The van der Waals surface area contributed by atoms with Gasteiger partial charge in [0.25, 0.3) is 0 Å². The first-order valence-corrected chi connectivity index (χ1v) is 9.50. The van der Waals surface area contributed by atoms with Crippen molar-refractivity contribution in [1.29, 1.82) is 0 Å². The van der Waals surface area contributed by atoms with Gasteiger partial charge in [0, 0.05) is 24.8 Å². The molecule has 29 heavy (non-hydrogen) atoms. The van der Waals surface area contributed by atoms with Crippen LogP contribution in [0.2, 0.25) is 0 Å². The second-order valence-electron chi connectivity index (χ2n) is 7.78. The van der Waals surface area contributed by atoms with Crippen molar-refractivity contribution in [3.63, 3.8) is 0 Å².